The summed E-state index contributed by atoms with van der Waals surface area (Å²) in [5, 5.41) is 9.93. The topological polar surface area (TPSA) is 35.9 Å². The third-order valence-corrected chi connectivity index (χ3v) is 3.32. The van der Waals surface area contributed by atoms with Crippen molar-refractivity contribution in [2.45, 2.75) is 6.10 Å². The molecule has 1 aliphatic heterocycles. The van der Waals surface area contributed by atoms with Crippen molar-refractivity contribution in [1.82, 2.24) is 9.80 Å². The van der Waals surface area contributed by atoms with Gasteiger partial charge in [0.25, 0.3) is 0 Å². The molecule has 1 N–H and O–H groups in total. The lowest BCUT2D eigenvalue weighted by Crippen LogP contribution is -2.47. The van der Waals surface area contributed by atoms with Crippen LogP contribution in [-0.2, 0) is 0 Å². The molecule has 0 saturated carbocycles. The number of halogens is 1. The molecule has 1 heterocycles. The van der Waals surface area contributed by atoms with Crippen LogP contribution in [0.25, 0.3) is 0 Å². The second kappa shape index (κ2) is 6.84. The van der Waals surface area contributed by atoms with E-state index < -0.39 is 6.10 Å². The maximum absolute atomic E-state index is 12.7. The van der Waals surface area contributed by atoms with E-state index in [0.29, 0.717) is 12.3 Å². The summed E-state index contributed by atoms with van der Waals surface area (Å²) in [6, 6.07) is 5.83. The molecule has 0 radical (unpaired) electrons. The fourth-order valence-corrected chi connectivity index (χ4v) is 2.10. The smallest absolute Gasteiger partial charge is 0.123 e. The minimum atomic E-state index is -0.520. The van der Waals surface area contributed by atoms with Gasteiger partial charge in [-0.3, -0.25) is 4.90 Å². The Hall–Kier alpha value is -1.17. The first-order chi connectivity index (χ1) is 9.13. The summed E-state index contributed by atoms with van der Waals surface area (Å²) in [7, 11) is 2.10. The molecule has 5 heteroatoms. The maximum atomic E-state index is 12.7. The number of likely N-dealkylation sites (N-methyl/N-ethyl adjacent to an activating group) is 1. The molecule has 1 atom stereocenters. The summed E-state index contributed by atoms with van der Waals surface area (Å²) >= 11 is 0. The first kappa shape index (κ1) is 14.2. The summed E-state index contributed by atoms with van der Waals surface area (Å²) in [5.41, 5.74) is 0. The summed E-state index contributed by atoms with van der Waals surface area (Å²) in [5.74, 6) is 0.296. The molecule has 0 amide bonds. The number of benzene rings is 1. The van der Waals surface area contributed by atoms with Crippen LogP contribution in [0, 0.1) is 5.82 Å². The molecule has 4 nitrogen and oxygen atoms in total. The first-order valence-electron chi connectivity index (χ1n) is 6.61. The van der Waals surface area contributed by atoms with Crippen LogP contribution >= 0.6 is 0 Å². The number of aliphatic hydroxyl groups is 1. The van der Waals surface area contributed by atoms with Crippen LogP contribution < -0.4 is 4.74 Å². The van der Waals surface area contributed by atoms with Crippen LogP contribution in [0.15, 0.2) is 24.3 Å². The number of β-amino-alcohol motifs (C(OH)–C–C–N with tert-alkyl or cyclic N) is 1. The second-order valence-electron chi connectivity index (χ2n) is 5.02. The summed E-state index contributed by atoms with van der Waals surface area (Å²) in [6.45, 7) is 4.87. The van der Waals surface area contributed by atoms with Crippen LogP contribution in [0.4, 0.5) is 4.39 Å². The van der Waals surface area contributed by atoms with Gasteiger partial charge in [-0.25, -0.2) is 4.39 Å². The monoisotopic (exact) mass is 268 g/mol. The lowest BCUT2D eigenvalue weighted by Gasteiger charge is -2.33. The zero-order chi connectivity index (χ0) is 13.7. The highest BCUT2D eigenvalue weighted by atomic mass is 19.1. The molecule has 0 spiro atoms. The van der Waals surface area contributed by atoms with Gasteiger partial charge in [-0.15, -0.1) is 0 Å². The molecule has 0 bridgehead atoms. The third kappa shape index (κ3) is 4.78. The molecule has 0 aromatic heterocycles. The van der Waals surface area contributed by atoms with Gasteiger partial charge in [0, 0.05) is 32.7 Å². The fourth-order valence-electron chi connectivity index (χ4n) is 2.10. The van der Waals surface area contributed by atoms with Crippen molar-refractivity contribution in [3.05, 3.63) is 30.1 Å². The van der Waals surface area contributed by atoms with Crippen LogP contribution in [0.3, 0.4) is 0 Å². The van der Waals surface area contributed by atoms with E-state index in [1.165, 1.54) is 12.1 Å². The van der Waals surface area contributed by atoms with E-state index in [4.69, 9.17) is 4.74 Å². The van der Waals surface area contributed by atoms with Crippen LogP contribution in [0.1, 0.15) is 0 Å². The van der Waals surface area contributed by atoms with Gasteiger partial charge in [-0.05, 0) is 31.3 Å². The summed E-state index contributed by atoms with van der Waals surface area (Å²) < 4.78 is 18.1. The molecule has 1 saturated heterocycles. The zero-order valence-corrected chi connectivity index (χ0v) is 11.3. The number of hydrogen-bond donors (Lipinski definition) is 1. The molecule has 1 fully saturated rings. The number of piperazine rings is 1. The summed E-state index contributed by atoms with van der Waals surface area (Å²) in [6.07, 6.45) is -0.520. The van der Waals surface area contributed by atoms with Gasteiger partial charge in [0.2, 0.25) is 0 Å². The highest BCUT2D eigenvalue weighted by Crippen LogP contribution is 2.11. The quantitative estimate of drug-likeness (QED) is 0.857. The SMILES string of the molecule is CN1CCN(CC(O)COc2ccc(F)cc2)CC1. The fraction of sp³-hybridized carbons (Fsp3) is 0.571. The van der Waals surface area contributed by atoms with E-state index in [9.17, 15) is 9.50 Å². The molecular formula is C14H21FN2O2. The third-order valence-electron chi connectivity index (χ3n) is 3.32. The number of rotatable bonds is 5. The summed E-state index contributed by atoms with van der Waals surface area (Å²) in [4.78, 5) is 4.51. The Morgan fingerprint density at radius 2 is 1.84 bits per heavy atom. The zero-order valence-electron chi connectivity index (χ0n) is 11.3. The molecule has 1 unspecified atom stereocenters. The highest BCUT2D eigenvalue weighted by molar-refractivity contribution is 5.22. The van der Waals surface area contributed by atoms with Crippen molar-refractivity contribution in [2.75, 3.05) is 46.4 Å². The van der Waals surface area contributed by atoms with E-state index in [-0.39, 0.29) is 12.4 Å². The second-order valence-corrected chi connectivity index (χ2v) is 5.02. The average Bonchev–Trinajstić information content (AvgIpc) is 2.41. The Balaban J connectivity index is 1.69. The Morgan fingerprint density at radius 1 is 1.21 bits per heavy atom. The van der Waals surface area contributed by atoms with Gasteiger partial charge < -0.3 is 14.7 Å². The Morgan fingerprint density at radius 3 is 2.47 bits per heavy atom. The van der Waals surface area contributed by atoms with Crippen LogP contribution in [0.5, 0.6) is 5.75 Å². The minimum Gasteiger partial charge on any atom is -0.491 e. The number of ether oxygens (including phenoxy) is 1. The molecule has 19 heavy (non-hydrogen) atoms. The molecule has 0 aliphatic carbocycles. The van der Waals surface area contributed by atoms with Gasteiger partial charge >= 0.3 is 0 Å². The van der Waals surface area contributed by atoms with Crippen molar-refractivity contribution in [2.24, 2.45) is 0 Å². The predicted octanol–water partition coefficient (Wildman–Crippen LogP) is 0.813. The Labute approximate surface area is 113 Å². The number of nitrogens with zero attached hydrogens (tertiary/aromatic N) is 2. The van der Waals surface area contributed by atoms with Crippen molar-refractivity contribution in [3.63, 3.8) is 0 Å². The predicted molar refractivity (Wildman–Crippen MR) is 71.8 cm³/mol. The van der Waals surface area contributed by atoms with Crippen molar-refractivity contribution in [1.29, 1.82) is 0 Å². The van der Waals surface area contributed by atoms with E-state index >= 15 is 0 Å². The van der Waals surface area contributed by atoms with Gasteiger partial charge in [0.1, 0.15) is 24.3 Å². The number of hydrogen-bond acceptors (Lipinski definition) is 4. The Kier molecular flexibility index (Phi) is 5.13. The average molecular weight is 268 g/mol. The maximum Gasteiger partial charge on any atom is 0.123 e. The van der Waals surface area contributed by atoms with Crippen molar-refractivity contribution < 1.29 is 14.2 Å². The van der Waals surface area contributed by atoms with E-state index in [1.807, 2.05) is 0 Å². The Bertz CT molecular complexity index is 378. The van der Waals surface area contributed by atoms with Gasteiger partial charge in [0.15, 0.2) is 0 Å². The van der Waals surface area contributed by atoms with Gasteiger partial charge in [0.05, 0.1) is 0 Å². The van der Waals surface area contributed by atoms with Gasteiger partial charge in [-0.1, -0.05) is 0 Å². The molecule has 106 valence electrons. The number of aliphatic hydroxyl groups excluding tert-OH is 1. The normalized spacial score (nSPS) is 19.3. The molecule has 1 aliphatic rings. The van der Waals surface area contributed by atoms with Gasteiger partial charge in [-0.2, -0.15) is 0 Å². The van der Waals surface area contributed by atoms with E-state index in [2.05, 4.69) is 16.8 Å². The van der Waals surface area contributed by atoms with E-state index in [1.54, 1.807) is 12.1 Å². The minimum absolute atomic E-state index is 0.234. The first-order valence-corrected chi connectivity index (χ1v) is 6.61. The van der Waals surface area contributed by atoms with Crippen LogP contribution in [-0.4, -0.2) is 67.4 Å². The van der Waals surface area contributed by atoms with Crippen molar-refractivity contribution in [3.8, 4) is 5.75 Å². The standard InChI is InChI=1S/C14H21FN2O2/c1-16-6-8-17(9-7-16)10-13(18)11-19-14-4-2-12(15)3-5-14/h2-5,13,18H,6-11H2,1H3. The lowest BCUT2D eigenvalue weighted by molar-refractivity contribution is 0.0504. The van der Waals surface area contributed by atoms with Crippen molar-refractivity contribution >= 4 is 0 Å². The highest BCUT2D eigenvalue weighted by Gasteiger charge is 2.17. The largest absolute Gasteiger partial charge is 0.491 e. The lowest BCUT2D eigenvalue weighted by atomic mass is 10.3. The van der Waals surface area contributed by atoms with E-state index in [0.717, 1.165) is 26.2 Å². The van der Waals surface area contributed by atoms with Crippen LogP contribution in [0.2, 0.25) is 0 Å². The molecule has 1 aromatic rings. The molecule has 1 aromatic carbocycles. The molecular weight excluding hydrogens is 247 g/mol. The molecule has 2 rings (SSSR count).